The van der Waals surface area contributed by atoms with E-state index >= 15 is 0 Å². The number of nitrogens with zero attached hydrogens (tertiary/aromatic N) is 2. The molecule has 25 heavy (non-hydrogen) atoms. The molecule has 4 rings (SSSR count). The molecule has 0 spiro atoms. The minimum Gasteiger partial charge on any atom is -0.507 e. The maximum atomic E-state index is 13.1. The largest absolute Gasteiger partial charge is 0.507 e. The van der Waals surface area contributed by atoms with E-state index in [1.807, 2.05) is 24.3 Å². The number of phenolic OH excluding ortho intramolecular Hbond substituents is 1. The number of aromatic nitrogens is 3. The number of para-hydroxylation sites is 1. The van der Waals surface area contributed by atoms with Crippen molar-refractivity contribution in [3.05, 3.63) is 78.9 Å². The summed E-state index contributed by atoms with van der Waals surface area (Å²) in [5.74, 6) is 0.541. The number of imidazole rings is 1. The molecule has 2 aromatic carbocycles. The zero-order valence-electron chi connectivity index (χ0n) is 13.1. The highest BCUT2D eigenvalue weighted by atomic mass is 19.1. The van der Waals surface area contributed by atoms with Crippen LogP contribution in [-0.4, -0.2) is 20.1 Å². The third-order valence-corrected chi connectivity index (χ3v) is 3.94. The Morgan fingerprint density at radius 1 is 0.880 bits per heavy atom. The number of phenols is 1. The number of benzene rings is 2. The Morgan fingerprint density at radius 2 is 1.68 bits per heavy atom. The van der Waals surface area contributed by atoms with E-state index in [-0.39, 0.29) is 11.6 Å². The average molecular weight is 331 g/mol. The summed E-state index contributed by atoms with van der Waals surface area (Å²) in [7, 11) is 0. The van der Waals surface area contributed by atoms with Crippen molar-refractivity contribution in [2.45, 2.75) is 0 Å². The van der Waals surface area contributed by atoms with Gasteiger partial charge in [0.2, 0.25) is 0 Å². The maximum Gasteiger partial charge on any atom is 0.156 e. The Kier molecular flexibility index (Phi) is 3.74. The Morgan fingerprint density at radius 3 is 2.48 bits per heavy atom. The van der Waals surface area contributed by atoms with Crippen molar-refractivity contribution in [3.8, 4) is 39.7 Å². The fraction of sp³-hybridized carbons (Fsp3) is 0. The first-order valence-electron chi connectivity index (χ1n) is 7.77. The van der Waals surface area contributed by atoms with E-state index in [9.17, 15) is 9.50 Å². The van der Waals surface area contributed by atoms with Crippen LogP contribution in [0.1, 0.15) is 0 Å². The summed E-state index contributed by atoms with van der Waals surface area (Å²) in [6, 6.07) is 17.0. The fourth-order valence-corrected chi connectivity index (χ4v) is 2.67. The smallest absolute Gasteiger partial charge is 0.156 e. The molecule has 0 aliphatic carbocycles. The van der Waals surface area contributed by atoms with Gasteiger partial charge in [-0.1, -0.05) is 18.2 Å². The van der Waals surface area contributed by atoms with Crippen molar-refractivity contribution in [2.24, 2.45) is 0 Å². The molecule has 2 heterocycles. The lowest BCUT2D eigenvalue weighted by atomic mass is 10.1. The minimum absolute atomic E-state index is 0.214. The fourth-order valence-electron chi connectivity index (χ4n) is 2.67. The Labute approximate surface area is 143 Å². The standard InChI is InChI=1S/C20H14FN3O/c21-15-7-5-13(6-8-15)18-12-23-20(24-18)17-11-14(9-10-22-17)16-3-1-2-4-19(16)25/h1-12,25H,(H,23,24). The first kappa shape index (κ1) is 15.1. The highest BCUT2D eigenvalue weighted by Gasteiger charge is 2.10. The summed E-state index contributed by atoms with van der Waals surface area (Å²) < 4.78 is 13.1. The quantitative estimate of drug-likeness (QED) is 0.574. The number of aromatic amines is 1. The third-order valence-electron chi connectivity index (χ3n) is 3.94. The molecule has 4 aromatic rings. The van der Waals surface area contributed by atoms with Crippen molar-refractivity contribution < 1.29 is 9.50 Å². The Balaban J connectivity index is 1.70. The van der Waals surface area contributed by atoms with Crippen molar-refractivity contribution >= 4 is 0 Å². The second kappa shape index (κ2) is 6.20. The Bertz CT molecular complexity index is 1030. The summed E-state index contributed by atoms with van der Waals surface area (Å²) in [6.45, 7) is 0. The van der Waals surface area contributed by atoms with Gasteiger partial charge in [-0.05, 0) is 48.0 Å². The molecule has 0 saturated heterocycles. The summed E-state index contributed by atoms with van der Waals surface area (Å²) in [5, 5.41) is 10.0. The molecule has 0 radical (unpaired) electrons. The zero-order chi connectivity index (χ0) is 17.2. The van der Waals surface area contributed by atoms with E-state index < -0.39 is 0 Å². The predicted molar refractivity (Wildman–Crippen MR) is 94.3 cm³/mol. The molecule has 5 heteroatoms. The van der Waals surface area contributed by atoms with Crippen LogP contribution in [0.25, 0.3) is 33.9 Å². The summed E-state index contributed by atoms with van der Waals surface area (Å²) >= 11 is 0. The number of nitrogens with one attached hydrogen (secondary N) is 1. The minimum atomic E-state index is -0.281. The molecule has 2 N–H and O–H groups in total. The molecule has 0 atom stereocenters. The highest BCUT2D eigenvalue weighted by Crippen LogP contribution is 2.30. The molecule has 0 aliphatic rings. The molecule has 122 valence electrons. The van der Waals surface area contributed by atoms with E-state index in [4.69, 9.17) is 0 Å². The summed E-state index contributed by atoms with van der Waals surface area (Å²) in [5.41, 5.74) is 3.78. The topological polar surface area (TPSA) is 61.8 Å². The Hall–Kier alpha value is -3.47. The van der Waals surface area contributed by atoms with E-state index in [1.165, 1.54) is 12.1 Å². The second-order valence-electron chi connectivity index (χ2n) is 5.59. The normalized spacial score (nSPS) is 10.8. The van der Waals surface area contributed by atoms with E-state index in [2.05, 4.69) is 15.0 Å². The van der Waals surface area contributed by atoms with Crippen LogP contribution in [0.4, 0.5) is 4.39 Å². The molecule has 2 aromatic heterocycles. The molecular formula is C20H14FN3O. The molecular weight excluding hydrogens is 317 g/mol. The van der Waals surface area contributed by atoms with Crippen molar-refractivity contribution in [1.29, 1.82) is 0 Å². The van der Waals surface area contributed by atoms with Crippen LogP contribution in [0.3, 0.4) is 0 Å². The molecule has 0 unspecified atom stereocenters. The predicted octanol–water partition coefficient (Wildman–Crippen LogP) is 4.65. The lowest BCUT2D eigenvalue weighted by molar-refractivity contribution is 0.477. The molecule has 0 fully saturated rings. The number of rotatable bonds is 3. The molecule has 0 aliphatic heterocycles. The van der Waals surface area contributed by atoms with E-state index in [1.54, 1.807) is 36.7 Å². The third kappa shape index (κ3) is 2.99. The van der Waals surface area contributed by atoms with Gasteiger partial charge in [0.15, 0.2) is 5.82 Å². The van der Waals surface area contributed by atoms with Gasteiger partial charge in [0, 0.05) is 23.5 Å². The number of pyridine rings is 1. The van der Waals surface area contributed by atoms with Gasteiger partial charge >= 0.3 is 0 Å². The molecule has 0 bridgehead atoms. The lowest BCUT2D eigenvalue weighted by Crippen LogP contribution is -1.88. The lowest BCUT2D eigenvalue weighted by Gasteiger charge is -2.05. The second-order valence-corrected chi connectivity index (χ2v) is 5.59. The van der Waals surface area contributed by atoms with Crippen LogP contribution in [-0.2, 0) is 0 Å². The van der Waals surface area contributed by atoms with Gasteiger partial charge in [-0.3, -0.25) is 4.98 Å². The summed E-state index contributed by atoms with van der Waals surface area (Å²) in [6.07, 6.45) is 3.44. The van der Waals surface area contributed by atoms with E-state index in [0.717, 1.165) is 16.7 Å². The van der Waals surface area contributed by atoms with Crippen LogP contribution in [0.2, 0.25) is 0 Å². The van der Waals surface area contributed by atoms with Crippen molar-refractivity contribution in [3.63, 3.8) is 0 Å². The monoisotopic (exact) mass is 331 g/mol. The SMILES string of the molecule is Oc1ccccc1-c1ccnc(-c2nc(-c3ccc(F)cc3)c[nH]2)c1. The van der Waals surface area contributed by atoms with Gasteiger partial charge in [-0.2, -0.15) is 0 Å². The van der Waals surface area contributed by atoms with Gasteiger partial charge in [0.1, 0.15) is 17.3 Å². The van der Waals surface area contributed by atoms with Gasteiger partial charge in [-0.15, -0.1) is 0 Å². The van der Waals surface area contributed by atoms with Crippen LogP contribution in [0.5, 0.6) is 5.75 Å². The van der Waals surface area contributed by atoms with Gasteiger partial charge in [0.05, 0.1) is 5.69 Å². The number of hydrogen-bond donors (Lipinski definition) is 2. The summed E-state index contributed by atoms with van der Waals surface area (Å²) in [4.78, 5) is 12.0. The maximum absolute atomic E-state index is 13.1. The first-order valence-corrected chi connectivity index (χ1v) is 7.77. The van der Waals surface area contributed by atoms with Crippen LogP contribution < -0.4 is 0 Å². The average Bonchev–Trinajstić information content (AvgIpc) is 3.13. The molecule has 0 amide bonds. The molecule has 0 saturated carbocycles. The van der Waals surface area contributed by atoms with Gasteiger partial charge in [0.25, 0.3) is 0 Å². The van der Waals surface area contributed by atoms with Crippen LogP contribution in [0.15, 0.2) is 73.1 Å². The van der Waals surface area contributed by atoms with Gasteiger partial charge < -0.3 is 10.1 Å². The van der Waals surface area contributed by atoms with E-state index in [0.29, 0.717) is 17.2 Å². The highest BCUT2D eigenvalue weighted by molar-refractivity contribution is 5.73. The first-order chi connectivity index (χ1) is 12.2. The number of H-pyrrole nitrogens is 1. The van der Waals surface area contributed by atoms with Crippen LogP contribution >= 0.6 is 0 Å². The molecule has 4 nitrogen and oxygen atoms in total. The number of hydrogen-bond acceptors (Lipinski definition) is 3. The van der Waals surface area contributed by atoms with Gasteiger partial charge in [-0.25, -0.2) is 9.37 Å². The van der Waals surface area contributed by atoms with Crippen LogP contribution in [0, 0.1) is 5.82 Å². The zero-order valence-corrected chi connectivity index (χ0v) is 13.1. The number of halogens is 1. The number of aromatic hydroxyl groups is 1. The van der Waals surface area contributed by atoms with Crippen molar-refractivity contribution in [2.75, 3.05) is 0 Å². The van der Waals surface area contributed by atoms with Crippen molar-refractivity contribution in [1.82, 2.24) is 15.0 Å².